The second kappa shape index (κ2) is 10.9. The first-order valence-electron chi connectivity index (χ1n) is 12.2. The topological polar surface area (TPSA) is 196 Å². The summed E-state index contributed by atoms with van der Waals surface area (Å²) in [6.45, 7) is 0. The number of fused-ring (bicyclic) bond motifs is 8. The molecule has 6 rings (SSSR count). The fraction of sp³-hybridized carbons (Fsp3) is 0. The van der Waals surface area contributed by atoms with Crippen LogP contribution in [0.15, 0.2) is 60.7 Å². The van der Waals surface area contributed by atoms with Crippen LogP contribution in [0, 0.1) is 6.07 Å². The number of aromatic nitrogens is 4. The van der Waals surface area contributed by atoms with Gasteiger partial charge in [-0.05, 0) is 47.5 Å². The monoisotopic (exact) mass is 617 g/mol. The minimum absolute atomic E-state index is 0. The van der Waals surface area contributed by atoms with Crippen molar-refractivity contribution in [3.05, 3.63) is 95.1 Å². The van der Waals surface area contributed by atoms with Gasteiger partial charge < -0.3 is 30.0 Å². The molecule has 0 saturated heterocycles. The zero-order chi connectivity index (χ0) is 29.7. The molecule has 0 fully saturated rings. The summed E-state index contributed by atoms with van der Waals surface area (Å²) >= 11 is 0. The Morgan fingerprint density at radius 1 is 0.744 bits per heavy atom. The van der Waals surface area contributed by atoms with Crippen LogP contribution in [0.1, 0.15) is 33.1 Å². The Morgan fingerprint density at radius 2 is 1.37 bits per heavy atom. The van der Waals surface area contributed by atoms with Crippen LogP contribution in [0.25, 0.3) is 56.5 Å². The molecular formula is C30H17FeN4O8-. The predicted molar refractivity (Wildman–Crippen MR) is 150 cm³/mol. The average Bonchev–Trinajstić information content (AvgIpc) is 3.71. The molecule has 5 heterocycles. The fourth-order valence-electron chi connectivity index (χ4n) is 4.93. The van der Waals surface area contributed by atoms with Gasteiger partial charge in [-0.3, -0.25) is 4.98 Å². The molecule has 1 aromatic carbocycles. The molecular weight excluding hydrogens is 600 g/mol. The number of aliphatic carboxylic acids is 2. The van der Waals surface area contributed by atoms with Crippen molar-refractivity contribution >= 4 is 69.4 Å². The summed E-state index contributed by atoms with van der Waals surface area (Å²) in [5.74, 6) is -5.16. The van der Waals surface area contributed by atoms with Crippen molar-refractivity contribution in [3.63, 3.8) is 0 Å². The first-order valence-corrected chi connectivity index (χ1v) is 12.2. The summed E-state index contributed by atoms with van der Waals surface area (Å²) in [5, 5.41) is 41.0. The quantitative estimate of drug-likeness (QED) is 0.139. The molecule has 43 heavy (non-hydrogen) atoms. The van der Waals surface area contributed by atoms with E-state index in [1.165, 1.54) is 12.1 Å². The van der Waals surface area contributed by atoms with Crippen molar-refractivity contribution in [1.29, 1.82) is 0 Å². The maximum Gasteiger partial charge on any atom is 0.406 e. The Bertz CT molecular complexity index is 2110. The van der Waals surface area contributed by atoms with Crippen molar-refractivity contribution < 1.29 is 56.7 Å². The van der Waals surface area contributed by atoms with Crippen molar-refractivity contribution in [3.8, 4) is 11.1 Å². The Hall–Kier alpha value is -5.78. The van der Waals surface area contributed by atoms with Crippen molar-refractivity contribution in [2.24, 2.45) is 0 Å². The van der Waals surface area contributed by atoms with Crippen LogP contribution in [-0.4, -0.2) is 63.9 Å². The SMILES string of the molecule is O=C(O)C1=C(C(=O)O)c2nc1cc1ccc(cc3nc(cc4[c-]c(-c5ccccc5)c(c2C(=O)O)n4C(=O)O)C=C3)[nH]1.[Fe]. The van der Waals surface area contributed by atoms with E-state index in [-0.39, 0.29) is 33.8 Å². The second-order valence-corrected chi connectivity index (χ2v) is 9.20. The van der Waals surface area contributed by atoms with Gasteiger partial charge in [-0.1, -0.05) is 42.0 Å². The normalized spacial score (nSPS) is 12.1. The molecule has 8 bridgehead atoms. The molecule has 12 nitrogen and oxygen atoms in total. The molecule has 0 amide bonds. The van der Waals surface area contributed by atoms with E-state index in [2.05, 4.69) is 21.0 Å². The Kier molecular flexibility index (Phi) is 7.28. The number of carboxylic acids is 3. The van der Waals surface area contributed by atoms with E-state index < -0.39 is 51.9 Å². The molecule has 13 heteroatoms. The van der Waals surface area contributed by atoms with Gasteiger partial charge in [0.15, 0.2) is 0 Å². The summed E-state index contributed by atoms with van der Waals surface area (Å²) in [5.41, 5.74) is -1.94. The van der Waals surface area contributed by atoms with E-state index in [9.17, 15) is 39.6 Å². The van der Waals surface area contributed by atoms with E-state index in [4.69, 9.17) is 0 Å². The summed E-state index contributed by atoms with van der Waals surface area (Å²) in [7, 11) is 0. The van der Waals surface area contributed by atoms with Crippen LogP contribution < -0.4 is 0 Å². The van der Waals surface area contributed by atoms with E-state index in [1.807, 2.05) is 0 Å². The maximum atomic E-state index is 12.9. The Labute approximate surface area is 251 Å². The minimum Gasteiger partial charge on any atom is -0.478 e. The number of carbonyl (C=O) groups is 4. The van der Waals surface area contributed by atoms with Gasteiger partial charge in [-0.25, -0.2) is 24.2 Å². The van der Waals surface area contributed by atoms with Gasteiger partial charge in [-0.15, -0.1) is 11.6 Å². The molecule has 5 N–H and O–H groups in total. The summed E-state index contributed by atoms with van der Waals surface area (Å²) in [6.07, 6.45) is 1.74. The van der Waals surface area contributed by atoms with Crippen LogP contribution in [0.5, 0.6) is 0 Å². The molecule has 0 radical (unpaired) electrons. The van der Waals surface area contributed by atoms with Gasteiger partial charge in [0.05, 0.1) is 22.6 Å². The zero-order valence-electron chi connectivity index (χ0n) is 21.5. The second-order valence-electron chi connectivity index (χ2n) is 9.20. The summed E-state index contributed by atoms with van der Waals surface area (Å²) in [6, 6.07) is 18.8. The number of carboxylic acid groups (broad SMARTS) is 4. The first kappa shape index (κ1) is 28.7. The smallest absolute Gasteiger partial charge is 0.406 e. The number of nitrogens with one attached hydrogen (secondary N) is 1. The van der Waals surface area contributed by atoms with Crippen LogP contribution in [0.2, 0.25) is 0 Å². The van der Waals surface area contributed by atoms with Crippen LogP contribution in [-0.2, 0) is 26.7 Å². The molecule has 2 aliphatic rings. The largest absolute Gasteiger partial charge is 0.478 e. The molecule has 0 spiro atoms. The molecule has 4 aromatic rings. The minimum atomic E-state index is -1.76. The van der Waals surface area contributed by atoms with Gasteiger partial charge in [0.25, 0.3) is 0 Å². The third kappa shape index (κ3) is 4.99. The van der Waals surface area contributed by atoms with E-state index in [0.29, 0.717) is 32.6 Å². The number of aromatic amines is 1. The van der Waals surface area contributed by atoms with E-state index >= 15 is 0 Å². The summed E-state index contributed by atoms with van der Waals surface area (Å²) < 4.78 is 0.649. The average molecular weight is 617 g/mol. The number of H-pyrrole nitrogens is 1. The van der Waals surface area contributed by atoms with Crippen molar-refractivity contribution in [2.45, 2.75) is 0 Å². The predicted octanol–water partition coefficient (Wildman–Crippen LogP) is 4.73. The summed E-state index contributed by atoms with van der Waals surface area (Å²) in [4.78, 5) is 62.3. The number of benzene rings is 1. The Morgan fingerprint density at radius 3 is 1.98 bits per heavy atom. The van der Waals surface area contributed by atoms with Crippen LogP contribution >= 0.6 is 0 Å². The van der Waals surface area contributed by atoms with Gasteiger partial charge in [0.2, 0.25) is 0 Å². The standard InChI is InChI=1S/C30H17N4O8.Fe/c35-27(36)22-21-12-18-9-7-16(32-18)10-15-6-8-17(31-15)11-19-13-20(14-4-2-1-3-5-14)26(34(19)30(41)42)24(29(39)40)25(33-21)23(22)28(37)38;/h1-12,32H,(H,35,36)(H,37,38)(H,39,40)(H,41,42);/q-1;. The molecule has 3 aromatic heterocycles. The molecule has 0 saturated carbocycles. The van der Waals surface area contributed by atoms with Crippen LogP contribution in [0.4, 0.5) is 4.79 Å². The van der Waals surface area contributed by atoms with Gasteiger partial charge in [0, 0.05) is 33.8 Å². The molecule has 0 atom stereocenters. The van der Waals surface area contributed by atoms with Crippen molar-refractivity contribution in [1.82, 2.24) is 19.5 Å². The fourth-order valence-corrected chi connectivity index (χ4v) is 4.93. The van der Waals surface area contributed by atoms with Crippen molar-refractivity contribution in [2.75, 3.05) is 0 Å². The molecule has 2 aliphatic heterocycles. The van der Waals surface area contributed by atoms with Gasteiger partial charge >= 0.3 is 24.0 Å². The maximum absolute atomic E-state index is 12.9. The number of rotatable bonds is 4. The number of hydrogen-bond donors (Lipinski definition) is 5. The van der Waals surface area contributed by atoms with Gasteiger partial charge in [0.1, 0.15) is 11.1 Å². The van der Waals surface area contributed by atoms with Crippen LogP contribution in [0.3, 0.4) is 0 Å². The van der Waals surface area contributed by atoms with E-state index in [1.54, 1.807) is 60.7 Å². The number of nitrogens with zero attached hydrogens (tertiary/aromatic N) is 3. The van der Waals surface area contributed by atoms with E-state index in [0.717, 1.165) is 0 Å². The third-order valence-electron chi connectivity index (χ3n) is 6.59. The molecule has 214 valence electrons. The third-order valence-corrected chi connectivity index (χ3v) is 6.59. The molecule has 0 aliphatic carbocycles. The Balaban J connectivity index is 0.00000368. The molecule has 0 unspecified atom stereocenters. The first-order chi connectivity index (χ1) is 20.1. The number of aromatic carboxylic acids is 1. The van der Waals surface area contributed by atoms with Gasteiger partial charge in [-0.2, -0.15) is 0 Å². The number of hydrogen-bond acceptors (Lipinski definition) is 6. The zero-order valence-corrected chi connectivity index (χ0v) is 22.6.